The third-order valence-electron chi connectivity index (χ3n) is 5.09. The summed E-state index contributed by atoms with van der Waals surface area (Å²) in [5.74, 6) is 0.728. The van der Waals surface area contributed by atoms with E-state index in [2.05, 4.69) is 41.4 Å². The first-order valence-electron chi connectivity index (χ1n) is 8.37. The van der Waals surface area contributed by atoms with Crippen molar-refractivity contribution >= 4 is 0 Å². The zero-order chi connectivity index (χ0) is 13.8. The number of rotatable bonds is 5. The van der Waals surface area contributed by atoms with Crippen molar-refractivity contribution in [2.75, 3.05) is 26.2 Å². The summed E-state index contributed by atoms with van der Waals surface area (Å²) in [5.41, 5.74) is 3.18. The summed E-state index contributed by atoms with van der Waals surface area (Å²) < 4.78 is 0. The van der Waals surface area contributed by atoms with E-state index in [-0.39, 0.29) is 0 Å². The molecule has 1 aromatic rings. The highest BCUT2D eigenvalue weighted by atomic mass is 15.2. The Morgan fingerprint density at radius 1 is 1.20 bits per heavy atom. The monoisotopic (exact) mass is 272 g/mol. The standard InChI is InChI=1S/C18H28N2/c1-15(20-11-4-5-12-20)13-19-14-17-9-6-8-16-7-2-3-10-18(16)17/h2-3,7,10,15,17,19H,4-6,8-9,11-14H2,1H3. The molecule has 1 aliphatic carbocycles. The highest BCUT2D eigenvalue weighted by molar-refractivity contribution is 5.32. The van der Waals surface area contributed by atoms with Gasteiger partial charge in [-0.15, -0.1) is 0 Å². The maximum absolute atomic E-state index is 3.73. The Hall–Kier alpha value is -0.860. The number of nitrogens with zero attached hydrogens (tertiary/aromatic N) is 1. The third kappa shape index (κ3) is 3.24. The van der Waals surface area contributed by atoms with Gasteiger partial charge in [0.05, 0.1) is 0 Å². The lowest BCUT2D eigenvalue weighted by atomic mass is 9.83. The second-order valence-electron chi connectivity index (χ2n) is 6.54. The molecule has 1 aliphatic heterocycles. The first kappa shape index (κ1) is 14.1. The van der Waals surface area contributed by atoms with Crippen molar-refractivity contribution in [3.8, 4) is 0 Å². The maximum atomic E-state index is 3.73. The quantitative estimate of drug-likeness (QED) is 0.885. The first-order chi connectivity index (χ1) is 9.84. The zero-order valence-corrected chi connectivity index (χ0v) is 12.8. The van der Waals surface area contributed by atoms with Gasteiger partial charge in [0.1, 0.15) is 0 Å². The smallest absolute Gasteiger partial charge is 0.0192 e. The molecule has 0 radical (unpaired) electrons. The van der Waals surface area contributed by atoms with Crippen LogP contribution in [-0.2, 0) is 6.42 Å². The van der Waals surface area contributed by atoms with Gasteiger partial charge in [-0.05, 0) is 69.2 Å². The zero-order valence-electron chi connectivity index (χ0n) is 12.8. The van der Waals surface area contributed by atoms with Gasteiger partial charge in [0.15, 0.2) is 0 Å². The van der Waals surface area contributed by atoms with Crippen LogP contribution in [0.4, 0.5) is 0 Å². The van der Waals surface area contributed by atoms with E-state index in [9.17, 15) is 0 Å². The van der Waals surface area contributed by atoms with Crippen molar-refractivity contribution in [3.63, 3.8) is 0 Å². The number of nitrogens with one attached hydrogen (secondary N) is 1. The molecule has 1 aromatic carbocycles. The van der Waals surface area contributed by atoms with Crippen molar-refractivity contribution < 1.29 is 0 Å². The first-order valence-corrected chi connectivity index (χ1v) is 8.37. The van der Waals surface area contributed by atoms with Gasteiger partial charge in [0, 0.05) is 19.1 Å². The van der Waals surface area contributed by atoms with Crippen molar-refractivity contribution in [2.24, 2.45) is 0 Å². The largest absolute Gasteiger partial charge is 0.315 e. The number of aryl methyl sites for hydroxylation is 1. The molecule has 2 heteroatoms. The molecule has 1 saturated heterocycles. The molecule has 2 nitrogen and oxygen atoms in total. The Kier molecular flexibility index (Phi) is 4.74. The second kappa shape index (κ2) is 6.73. The van der Waals surface area contributed by atoms with Crippen molar-refractivity contribution in [1.82, 2.24) is 10.2 Å². The molecule has 0 bridgehead atoms. The SMILES string of the molecule is CC(CNCC1CCCc2ccccc21)N1CCCC1. The van der Waals surface area contributed by atoms with Crippen LogP contribution in [0.2, 0.25) is 0 Å². The van der Waals surface area contributed by atoms with Crippen molar-refractivity contribution in [3.05, 3.63) is 35.4 Å². The van der Waals surface area contributed by atoms with E-state index in [1.807, 2.05) is 0 Å². The third-order valence-corrected chi connectivity index (χ3v) is 5.09. The normalized spacial score (nSPS) is 24.6. The van der Waals surface area contributed by atoms with E-state index in [0.29, 0.717) is 6.04 Å². The van der Waals surface area contributed by atoms with Crippen LogP contribution in [0.3, 0.4) is 0 Å². The van der Waals surface area contributed by atoms with Crippen LogP contribution >= 0.6 is 0 Å². The van der Waals surface area contributed by atoms with Crippen LogP contribution in [0.5, 0.6) is 0 Å². The van der Waals surface area contributed by atoms with Gasteiger partial charge >= 0.3 is 0 Å². The molecule has 1 heterocycles. The minimum atomic E-state index is 0.691. The van der Waals surface area contributed by atoms with Gasteiger partial charge in [-0.3, -0.25) is 4.90 Å². The molecule has 2 unspecified atom stereocenters. The van der Waals surface area contributed by atoms with Crippen LogP contribution in [-0.4, -0.2) is 37.1 Å². The summed E-state index contributed by atoms with van der Waals surface area (Å²) in [6, 6.07) is 9.73. The van der Waals surface area contributed by atoms with E-state index in [1.54, 1.807) is 11.1 Å². The molecule has 2 aliphatic rings. The molecule has 110 valence electrons. The molecule has 2 atom stereocenters. The van der Waals surface area contributed by atoms with E-state index >= 15 is 0 Å². The molecule has 1 N–H and O–H groups in total. The lowest BCUT2D eigenvalue weighted by molar-refractivity contribution is 0.250. The molecule has 0 saturated carbocycles. The van der Waals surface area contributed by atoms with Crippen LogP contribution < -0.4 is 5.32 Å². The molecule has 20 heavy (non-hydrogen) atoms. The Morgan fingerprint density at radius 3 is 2.85 bits per heavy atom. The molecule has 1 fully saturated rings. The average Bonchev–Trinajstić information content (AvgIpc) is 3.02. The van der Waals surface area contributed by atoms with Gasteiger partial charge in [-0.25, -0.2) is 0 Å². The molecular formula is C18H28N2. The van der Waals surface area contributed by atoms with E-state index < -0.39 is 0 Å². The average molecular weight is 272 g/mol. The van der Waals surface area contributed by atoms with Crippen LogP contribution in [0.15, 0.2) is 24.3 Å². The summed E-state index contributed by atoms with van der Waals surface area (Å²) in [7, 11) is 0. The Balaban J connectivity index is 1.49. The number of fused-ring (bicyclic) bond motifs is 1. The predicted molar refractivity (Wildman–Crippen MR) is 85.3 cm³/mol. The number of benzene rings is 1. The fourth-order valence-electron chi connectivity index (χ4n) is 3.84. The van der Waals surface area contributed by atoms with Crippen molar-refractivity contribution in [2.45, 2.75) is 51.0 Å². The molecular weight excluding hydrogens is 244 g/mol. The lowest BCUT2D eigenvalue weighted by Gasteiger charge is -2.28. The lowest BCUT2D eigenvalue weighted by Crippen LogP contribution is -2.40. The van der Waals surface area contributed by atoms with Gasteiger partial charge in [0.25, 0.3) is 0 Å². The Bertz CT molecular complexity index is 423. The van der Waals surface area contributed by atoms with Crippen LogP contribution in [0, 0.1) is 0 Å². The summed E-state index contributed by atoms with van der Waals surface area (Å²) in [6.07, 6.45) is 6.75. The summed E-state index contributed by atoms with van der Waals surface area (Å²) >= 11 is 0. The number of hydrogen-bond donors (Lipinski definition) is 1. The fraction of sp³-hybridized carbons (Fsp3) is 0.667. The molecule has 0 aromatic heterocycles. The molecule has 3 rings (SSSR count). The van der Waals surface area contributed by atoms with Crippen LogP contribution in [0.25, 0.3) is 0 Å². The van der Waals surface area contributed by atoms with E-state index in [1.165, 1.54) is 45.2 Å². The van der Waals surface area contributed by atoms with E-state index in [4.69, 9.17) is 0 Å². The number of hydrogen-bond acceptors (Lipinski definition) is 2. The topological polar surface area (TPSA) is 15.3 Å². The number of likely N-dealkylation sites (tertiary alicyclic amines) is 1. The summed E-state index contributed by atoms with van der Waals surface area (Å²) in [5, 5.41) is 3.73. The van der Waals surface area contributed by atoms with Gasteiger partial charge in [-0.2, -0.15) is 0 Å². The Labute approximate surface area is 123 Å². The minimum Gasteiger partial charge on any atom is -0.315 e. The van der Waals surface area contributed by atoms with Crippen LogP contribution in [0.1, 0.15) is 49.7 Å². The fourth-order valence-corrected chi connectivity index (χ4v) is 3.84. The van der Waals surface area contributed by atoms with Gasteiger partial charge in [-0.1, -0.05) is 24.3 Å². The Morgan fingerprint density at radius 2 is 2.00 bits per heavy atom. The minimum absolute atomic E-state index is 0.691. The molecule has 0 amide bonds. The highest BCUT2D eigenvalue weighted by Gasteiger charge is 2.21. The summed E-state index contributed by atoms with van der Waals surface area (Å²) in [4.78, 5) is 2.63. The maximum Gasteiger partial charge on any atom is 0.0192 e. The van der Waals surface area contributed by atoms with Gasteiger partial charge in [0.2, 0.25) is 0 Å². The van der Waals surface area contributed by atoms with Gasteiger partial charge < -0.3 is 5.32 Å². The second-order valence-corrected chi connectivity index (χ2v) is 6.54. The molecule has 0 spiro atoms. The van der Waals surface area contributed by atoms with Crippen molar-refractivity contribution in [1.29, 1.82) is 0 Å². The summed E-state index contributed by atoms with van der Waals surface area (Å²) in [6.45, 7) is 7.26. The van der Waals surface area contributed by atoms with E-state index in [0.717, 1.165) is 19.0 Å². The predicted octanol–water partition coefficient (Wildman–Crippen LogP) is 3.18. The highest BCUT2D eigenvalue weighted by Crippen LogP contribution is 2.30.